The molecule has 86 valence electrons. The molecule has 0 saturated heterocycles. The van der Waals surface area contributed by atoms with E-state index >= 15 is 0 Å². The Labute approximate surface area is 96.0 Å². The largest absolute Gasteiger partial charge is 0.390 e. The van der Waals surface area contributed by atoms with E-state index < -0.39 is 6.04 Å². The average molecular weight is 219 g/mol. The van der Waals surface area contributed by atoms with Gasteiger partial charge in [-0.2, -0.15) is 0 Å². The van der Waals surface area contributed by atoms with Crippen molar-refractivity contribution in [2.24, 2.45) is 15.7 Å². The van der Waals surface area contributed by atoms with Crippen molar-refractivity contribution in [3.63, 3.8) is 0 Å². The number of allylic oxidation sites excluding steroid dienone is 2. The van der Waals surface area contributed by atoms with Gasteiger partial charge in [0.25, 0.3) is 0 Å². The number of rotatable bonds is 7. The highest BCUT2D eigenvalue weighted by Gasteiger charge is 2.17. The standard InChI is InChI=1S/C12H17N3O/c1-4-7-10(5-2)12(11(16)6-3)15-9-14-8-13/h4-5,7-9,12H,1-2,6H2,3H3,(H2,13,14,15)/b10-7+. The molecule has 0 rings (SSSR count). The van der Waals surface area contributed by atoms with Gasteiger partial charge >= 0.3 is 0 Å². The summed E-state index contributed by atoms with van der Waals surface area (Å²) in [6.07, 6.45) is 7.66. The van der Waals surface area contributed by atoms with Crippen LogP contribution in [0.5, 0.6) is 0 Å². The molecule has 0 heterocycles. The van der Waals surface area contributed by atoms with Crippen LogP contribution < -0.4 is 5.73 Å². The van der Waals surface area contributed by atoms with Crippen molar-refractivity contribution in [1.29, 1.82) is 0 Å². The fourth-order valence-electron chi connectivity index (χ4n) is 1.10. The molecule has 0 spiro atoms. The summed E-state index contributed by atoms with van der Waals surface area (Å²) in [6, 6.07) is -0.579. The lowest BCUT2D eigenvalue weighted by atomic mass is 10.0. The van der Waals surface area contributed by atoms with Crippen LogP contribution in [-0.4, -0.2) is 24.5 Å². The first-order chi connectivity index (χ1) is 7.71. The fraction of sp³-hybridized carbons (Fsp3) is 0.250. The zero-order valence-electron chi connectivity index (χ0n) is 9.47. The Morgan fingerprint density at radius 1 is 1.50 bits per heavy atom. The van der Waals surface area contributed by atoms with Crippen LogP contribution in [0.3, 0.4) is 0 Å². The van der Waals surface area contributed by atoms with Crippen molar-refractivity contribution in [3.8, 4) is 0 Å². The Morgan fingerprint density at radius 2 is 2.19 bits per heavy atom. The molecule has 0 aromatic carbocycles. The zero-order valence-corrected chi connectivity index (χ0v) is 9.47. The van der Waals surface area contributed by atoms with Gasteiger partial charge in [-0.25, -0.2) is 4.99 Å². The Morgan fingerprint density at radius 3 is 2.62 bits per heavy atom. The highest BCUT2D eigenvalue weighted by Crippen LogP contribution is 2.11. The van der Waals surface area contributed by atoms with E-state index in [1.54, 1.807) is 25.2 Å². The van der Waals surface area contributed by atoms with Crippen LogP contribution in [-0.2, 0) is 4.79 Å². The van der Waals surface area contributed by atoms with Gasteiger partial charge in [-0.1, -0.05) is 38.3 Å². The van der Waals surface area contributed by atoms with Gasteiger partial charge in [-0.15, -0.1) is 0 Å². The summed E-state index contributed by atoms with van der Waals surface area (Å²) < 4.78 is 0. The molecule has 4 nitrogen and oxygen atoms in total. The molecule has 0 aliphatic carbocycles. The fourth-order valence-corrected chi connectivity index (χ4v) is 1.10. The maximum Gasteiger partial charge on any atom is 0.161 e. The molecule has 1 atom stereocenters. The number of hydrogen-bond donors (Lipinski definition) is 1. The smallest absolute Gasteiger partial charge is 0.161 e. The quantitative estimate of drug-likeness (QED) is 0.402. The van der Waals surface area contributed by atoms with Gasteiger partial charge < -0.3 is 5.73 Å². The third-order valence-corrected chi connectivity index (χ3v) is 1.88. The predicted molar refractivity (Wildman–Crippen MR) is 68.7 cm³/mol. The van der Waals surface area contributed by atoms with Crippen LogP contribution in [0.25, 0.3) is 0 Å². The Bertz CT molecular complexity index is 340. The first-order valence-electron chi connectivity index (χ1n) is 4.94. The van der Waals surface area contributed by atoms with E-state index in [4.69, 9.17) is 5.73 Å². The Hall–Kier alpha value is -1.97. The number of carbonyl (C=O) groups is 1. The summed E-state index contributed by atoms with van der Waals surface area (Å²) in [5.41, 5.74) is 5.77. The lowest BCUT2D eigenvalue weighted by Gasteiger charge is -2.10. The summed E-state index contributed by atoms with van der Waals surface area (Å²) >= 11 is 0. The lowest BCUT2D eigenvalue weighted by molar-refractivity contribution is -0.119. The number of nitrogens with two attached hydrogens (primary N) is 1. The van der Waals surface area contributed by atoms with E-state index in [9.17, 15) is 4.79 Å². The molecule has 0 amide bonds. The number of Topliss-reactive ketones (excluding diaryl/α,β-unsaturated/α-hetero) is 1. The highest BCUT2D eigenvalue weighted by molar-refractivity contribution is 5.89. The maximum atomic E-state index is 11.7. The number of nitrogens with zero attached hydrogens (tertiary/aromatic N) is 2. The molecule has 0 aliphatic heterocycles. The van der Waals surface area contributed by atoms with Crippen LogP contribution in [0, 0.1) is 0 Å². The van der Waals surface area contributed by atoms with E-state index in [0.717, 1.165) is 6.34 Å². The molecular formula is C12H17N3O. The minimum atomic E-state index is -0.579. The summed E-state index contributed by atoms with van der Waals surface area (Å²) in [4.78, 5) is 19.3. The summed E-state index contributed by atoms with van der Waals surface area (Å²) in [7, 11) is 0. The molecule has 2 N–H and O–H groups in total. The van der Waals surface area contributed by atoms with Crippen molar-refractivity contribution in [1.82, 2.24) is 0 Å². The first kappa shape index (κ1) is 14.0. The van der Waals surface area contributed by atoms with Gasteiger partial charge in [0.05, 0.1) is 6.34 Å². The second-order valence-corrected chi connectivity index (χ2v) is 2.89. The third kappa shape index (κ3) is 4.50. The highest BCUT2D eigenvalue weighted by atomic mass is 16.1. The molecule has 0 aromatic heterocycles. The van der Waals surface area contributed by atoms with Gasteiger partial charge in [0, 0.05) is 6.42 Å². The zero-order chi connectivity index (χ0) is 12.4. The molecule has 4 heteroatoms. The maximum absolute atomic E-state index is 11.7. The van der Waals surface area contributed by atoms with Crippen LogP contribution in [0.4, 0.5) is 0 Å². The van der Waals surface area contributed by atoms with Gasteiger partial charge in [0.15, 0.2) is 5.78 Å². The molecule has 0 aliphatic rings. The van der Waals surface area contributed by atoms with Crippen molar-refractivity contribution in [2.75, 3.05) is 0 Å². The number of aliphatic imine (C=N–C) groups is 2. The third-order valence-electron chi connectivity index (χ3n) is 1.88. The van der Waals surface area contributed by atoms with Gasteiger partial charge in [-0.3, -0.25) is 9.79 Å². The molecular weight excluding hydrogens is 202 g/mol. The Kier molecular flexibility index (Phi) is 7.32. The summed E-state index contributed by atoms with van der Waals surface area (Å²) in [5, 5.41) is 0. The average Bonchev–Trinajstić information content (AvgIpc) is 2.31. The predicted octanol–water partition coefficient (Wildman–Crippen LogP) is 1.65. The van der Waals surface area contributed by atoms with Gasteiger partial charge in [0.1, 0.15) is 12.4 Å². The second kappa shape index (κ2) is 8.35. The number of carbonyl (C=O) groups excluding carboxylic acids is 1. The van der Waals surface area contributed by atoms with E-state index in [1.165, 1.54) is 6.34 Å². The Balaban J connectivity index is 5.05. The van der Waals surface area contributed by atoms with E-state index in [-0.39, 0.29) is 5.78 Å². The van der Waals surface area contributed by atoms with Crippen molar-refractivity contribution in [3.05, 3.63) is 37.0 Å². The van der Waals surface area contributed by atoms with Crippen LogP contribution in [0.1, 0.15) is 13.3 Å². The molecule has 0 aromatic rings. The van der Waals surface area contributed by atoms with Gasteiger partial charge in [-0.05, 0) is 5.57 Å². The number of ketones is 1. The monoisotopic (exact) mass is 219 g/mol. The van der Waals surface area contributed by atoms with Crippen LogP contribution >= 0.6 is 0 Å². The van der Waals surface area contributed by atoms with Crippen molar-refractivity contribution < 1.29 is 4.79 Å². The second-order valence-electron chi connectivity index (χ2n) is 2.89. The summed E-state index contributed by atoms with van der Waals surface area (Å²) in [5.74, 6) is -0.00327. The van der Waals surface area contributed by atoms with E-state index in [0.29, 0.717) is 12.0 Å². The SMILES string of the molecule is C=C/C=C(\C=C)C(N=CN=CN)C(=O)CC. The van der Waals surface area contributed by atoms with Crippen molar-refractivity contribution >= 4 is 18.5 Å². The van der Waals surface area contributed by atoms with Crippen LogP contribution in [0.2, 0.25) is 0 Å². The minimum Gasteiger partial charge on any atom is -0.390 e. The van der Waals surface area contributed by atoms with Crippen molar-refractivity contribution in [2.45, 2.75) is 19.4 Å². The van der Waals surface area contributed by atoms with Gasteiger partial charge in [0.2, 0.25) is 0 Å². The normalized spacial score (nSPS) is 14.2. The molecule has 0 radical (unpaired) electrons. The number of hydrogen-bond acceptors (Lipinski definition) is 2. The van der Waals surface area contributed by atoms with E-state index in [2.05, 4.69) is 23.1 Å². The molecule has 0 fully saturated rings. The molecule has 1 unspecified atom stereocenters. The molecule has 16 heavy (non-hydrogen) atoms. The minimum absolute atomic E-state index is 0.00327. The lowest BCUT2D eigenvalue weighted by Crippen LogP contribution is -2.19. The molecule has 0 saturated carbocycles. The first-order valence-corrected chi connectivity index (χ1v) is 4.94. The molecule has 0 bridgehead atoms. The van der Waals surface area contributed by atoms with E-state index in [1.807, 2.05) is 0 Å². The van der Waals surface area contributed by atoms with Crippen LogP contribution in [0.15, 0.2) is 46.9 Å². The summed E-state index contributed by atoms with van der Waals surface area (Å²) in [6.45, 7) is 9.00. The topological polar surface area (TPSA) is 67.8 Å².